The molecule has 1 saturated heterocycles. The molecule has 0 aromatic heterocycles. The molecular formula is C25H38N4O3. The Morgan fingerprint density at radius 1 is 1.19 bits per heavy atom. The molecule has 2 aliphatic rings. The Morgan fingerprint density at radius 3 is 2.53 bits per heavy atom. The molecule has 0 saturated carbocycles. The summed E-state index contributed by atoms with van der Waals surface area (Å²) in [6, 6.07) is 6.21. The minimum absolute atomic E-state index is 0.0310. The SMILES string of the molecule is C[C@H]1C[C@@H](C(=O)N[C@@H]2CCCc3ccccc32)N(C(=O)[C@@H](NC(=O)[C@H](C)N)C(C)(C)C)C1. The number of aryl methyl sites for hydroxylation is 1. The van der Waals surface area contributed by atoms with Crippen LogP contribution in [0.5, 0.6) is 0 Å². The fourth-order valence-corrected chi connectivity index (χ4v) is 4.80. The normalized spacial score (nSPS) is 24.9. The second kappa shape index (κ2) is 9.61. The largest absolute Gasteiger partial charge is 0.347 e. The van der Waals surface area contributed by atoms with Crippen LogP contribution in [0.1, 0.15) is 71.0 Å². The van der Waals surface area contributed by atoms with E-state index in [2.05, 4.69) is 29.7 Å². The third-order valence-electron chi connectivity index (χ3n) is 6.59. The standard InChI is InChI=1S/C25H38N4O3/c1-15-13-20(23(31)27-19-12-8-10-17-9-6-7-11-18(17)19)29(14-15)24(32)21(25(3,4)5)28-22(30)16(2)26/h6-7,9,11,15-16,19-21H,8,10,12-14,26H2,1-5H3,(H,27,31)(H,28,30)/t15-,16-,19+,20-,21+/m0/s1. The van der Waals surface area contributed by atoms with Gasteiger partial charge in [0.1, 0.15) is 12.1 Å². The molecule has 1 aromatic rings. The van der Waals surface area contributed by atoms with Crippen molar-refractivity contribution in [3.63, 3.8) is 0 Å². The van der Waals surface area contributed by atoms with Gasteiger partial charge in [-0.25, -0.2) is 0 Å². The molecular weight excluding hydrogens is 404 g/mol. The minimum atomic E-state index is -0.753. The van der Waals surface area contributed by atoms with Crippen molar-refractivity contribution in [2.24, 2.45) is 17.1 Å². The summed E-state index contributed by atoms with van der Waals surface area (Å²) in [5.74, 6) is -0.501. The van der Waals surface area contributed by atoms with Gasteiger partial charge in [-0.15, -0.1) is 0 Å². The number of nitrogens with one attached hydrogen (secondary N) is 2. The predicted molar refractivity (Wildman–Crippen MR) is 125 cm³/mol. The van der Waals surface area contributed by atoms with E-state index in [9.17, 15) is 14.4 Å². The van der Waals surface area contributed by atoms with E-state index in [0.717, 1.165) is 19.3 Å². The summed E-state index contributed by atoms with van der Waals surface area (Å²) in [5.41, 5.74) is 7.66. The molecule has 3 rings (SSSR count). The molecule has 1 aliphatic carbocycles. The van der Waals surface area contributed by atoms with Gasteiger partial charge in [0.2, 0.25) is 17.7 Å². The highest BCUT2D eigenvalue weighted by Crippen LogP contribution is 2.32. The molecule has 1 heterocycles. The van der Waals surface area contributed by atoms with Gasteiger partial charge >= 0.3 is 0 Å². The Labute approximate surface area is 191 Å². The van der Waals surface area contributed by atoms with Gasteiger partial charge in [-0.1, -0.05) is 52.0 Å². The number of rotatable bonds is 5. The Morgan fingerprint density at radius 2 is 1.88 bits per heavy atom. The van der Waals surface area contributed by atoms with E-state index in [1.807, 2.05) is 32.9 Å². The van der Waals surface area contributed by atoms with Crippen LogP contribution >= 0.6 is 0 Å². The molecule has 7 nitrogen and oxygen atoms in total. The summed E-state index contributed by atoms with van der Waals surface area (Å²) in [7, 11) is 0. The van der Waals surface area contributed by atoms with Crippen LogP contribution in [0.2, 0.25) is 0 Å². The second-order valence-electron chi connectivity index (χ2n) is 10.6. The highest BCUT2D eigenvalue weighted by atomic mass is 16.2. The molecule has 32 heavy (non-hydrogen) atoms. The van der Waals surface area contributed by atoms with Gasteiger partial charge < -0.3 is 21.3 Å². The molecule has 4 N–H and O–H groups in total. The van der Waals surface area contributed by atoms with E-state index in [-0.39, 0.29) is 29.7 Å². The molecule has 1 aromatic carbocycles. The van der Waals surface area contributed by atoms with Crippen molar-refractivity contribution in [2.75, 3.05) is 6.54 Å². The van der Waals surface area contributed by atoms with E-state index in [1.165, 1.54) is 11.1 Å². The maximum Gasteiger partial charge on any atom is 0.246 e. The average molecular weight is 443 g/mol. The quantitative estimate of drug-likeness (QED) is 0.651. The predicted octanol–water partition coefficient (Wildman–Crippen LogP) is 2.30. The van der Waals surface area contributed by atoms with Gasteiger partial charge in [0, 0.05) is 6.54 Å². The summed E-state index contributed by atoms with van der Waals surface area (Å²) in [6.45, 7) is 9.87. The van der Waals surface area contributed by atoms with Crippen LogP contribution < -0.4 is 16.4 Å². The zero-order valence-electron chi connectivity index (χ0n) is 20.0. The molecule has 0 unspecified atom stereocenters. The zero-order chi connectivity index (χ0) is 23.6. The topological polar surface area (TPSA) is 105 Å². The molecule has 7 heteroatoms. The van der Waals surface area contributed by atoms with Gasteiger partial charge in [-0.2, -0.15) is 0 Å². The van der Waals surface area contributed by atoms with E-state index >= 15 is 0 Å². The molecule has 1 fully saturated rings. The van der Waals surface area contributed by atoms with Gasteiger partial charge in [0.25, 0.3) is 0 Å². The lowest BCUT2D eigenvalue weighted by Gasteiger charge is -2.36. The zero-order valence-corrected chi connectivity index (χ0v) is 20.0. The summed E-state index contributed by atoms with van der Waals surface area (Å²) in [4.78, 5) is 40.9. The van der Waals surface area contributed by atoms with Crippen LogP contribution in [0.4, 0.5) is 0 Å². The van der Waals surface area contributed by atoms with E-state index in [4.69, 9.17) is 5.73 Å². The molecule has 176 valence electrons. The highest BCUT2D eigenvalue weighted by Gasteiger charge is 2.44. The van der Waals surface area contributed by atoms with E-state index in [1.54, 1.807) is 11.8 Å². The van der Waals surface area contributed by atoms with Crippen molar-refractivity contribution in [1.82, 2.24) is 15.5 Å². The molecule has 3 amide bonds. The number of nitrogens with zero attached hydrogens (tertiary/aromatic N) is 1. The van der Waals surface area contributed by atoms with Crippen LogP contribution in [0.25, 0.3) is 0 Å². The number of amides is 3. The van der Waals surface area contributed by atoms with Crippen molar-refractivity contribution in [3.05, 3.63) is 35.4 Å². The lowest BCUT2D eigenvalue weighted by molar-refractivity contribution is -0.144. The van der Waals surface area contributed by atoms with Gasteiger partial charge in [-0.05, 0) is 55.1 Å². The van der Waals surface area contributed by atoms with Crippen LogP contribution in [0, 0.1) is 11.3 Å². The molecule has 0 bridgehead atoms. The lowest BCUT2D eigenvalue weighted by Crippen LogP contribution is -2.59. The Hall–Kier alpha value is -2.41. The first kappa shape index (κ1) is 24.2. The molecule has 0 spiro atoms. The van der Waals surface area contributed by atoms with Gasteiger partial charge in [-0.3, -0.25) is 14.4 Å². The third-order valence-corrected chi connectivity index (χ3v) is 6.59. The van der Waals surface area contributed by atoms with Crippen LogP contribution in [0.15, 0.2) is 24.3 Å². The van der Waals surface area contributed by atoms with Crippen LogP contribution in [-0.4, -0.2) is 47.3 Å². The van der Waals surface area contributed by atoms with Crippen molar-refractivity contribution in [1.29, 1.82) is 0 Å². The third kappa shape index (κ3) is 5.31. The maximum atomic E-state index is 13.6. The fourth-order valence-electron chi connectivity index (χ4n) is 4.80. The van der Waals surface area contributed by atoms with Crippen LogP contribution in [-0.2, 0) is 20.8 Å². The van der Waals surface area contributed by atoms with Gasteiger partial charge in [0.15, 0.2) is 0 Å². The van der Waals surface area contributed by atoms with E-state index in [0.29, 0.717) is 13.0 Å². The first-order valence-corrected chi connectivity index (χ1v) is 11.7. The highest BCUT2D eigenvalue weighted by molar-refractivity contribution is 5.94. The Bertz CT molecular complexity index is 861. The molecule has 0 radical (unpaired) electrons. The van der Waals surface area contributed by atoms with Crippen molar-refractivity contribution in [3.8, 4) is 0 Å². The Kier molecular flexibility index (Phi) is 7.28. The second-order valence-corrected chi connectivity index (χ2v) is 10.6. The number of likely N-dealkylation sites (tertiary alicyclic amines) is 1. The summed E-state index contributed by atoms with van der Waals surface area (Å²) < 4.78 is 0. The number of carbonyl (C=O) groups excluding carboxylic acids is 3. The minimum Gasteiger partial charge on any atom is -0.347 e. The number of fused-ring (bicyclic) bond motifs is 1. The van der Waals surface area contributed by atoms with Crippen molar-refractivity contribution in [2.45, 2.75) is 84.5 Å². The maximum absolute atomic E-state index is 13.6. The molecule has 5 atom stereocenters. The number of benzene rings is 1. The smallest absolute Gasteiger partial charge is 0.246 e. The number of hydrogen-bond acceptors (Lipinski definition) is 4. The first-order valence-electron chi connectivity index (χ1n) is 11.7. The molecule has 1 aliphatic heterocycles. The van der Waals surface area contributed by atoms with Gasteiger partial charge in [0.05, 0.1) is 12.1 Å². The lowest BCUT2D eigenvalue weighted by atomic mass is 9.85. The summed E-state index contributed by atoms with van der Waals surface area (Å²) >= 11 is 0. The fraction of sp³-hybridized carbons (Fsp3) is 0.640. The average Bonchev–Trinajstić information content (AvgIpc) is 3.12. The summed E-state index contributed by atoms with van der Waals surface area (Å²) in [6.07, 6.45) is 3.57. The number of carbonyl (C=O) groups is 3. The number of hydrogen-bond donors (Lipinski definition) is 3. The monoisotopic (exact) mass is 442 g/mol. The van der Waals surface area contributed by atoms with E-state index < -0.39 is 23.5 Å². The number of nitrogens with two attached hydrogens (primary N) is 1. The van der Waals surface area contributed by atoms with Crippen molar-refractivity contribution >= 4 is 17.7 Å². The van der Waals surface area contributed by atoms with Crippen LogP contribution in [0.3, 0.4) is 0 Å². The summed E-state index contributed by atoms with van der Waals surface area (Å²) in [5, 5.41) is 6.03. The Balaban J connectivity index is 1.78. The van der Waals surface area contributed by atoms with Crippen molar-refractivity contribution < 1.29 is 14.4 Å². The first-order chi connectivity index (χ1) is 15.0.